The maximum atomic E-state index is 11.8. The number of amides is 1. The van der Waals surface area contributed by atoms with E-state index in [1.807, 2.05) is 0 Å². The van der Waals surface area contributed by atoms with Crippen LogP contribution in [-0.4, -0.2) is 25.0 Å². The highest BCUT2D eigenvalue weighted by Gasteiger charge is 2.23. The first-order valence-electron chi connectivity index (χ1n) is 7.76. The first-order valence-corrected chi connectivity index (χ1v) is 7.76. The standard InChI is InChI=1S/C15H28N2O/c1-12-5-4-6-13(12)11-17-15(18)9-8-14-7-2-3-10-16-14/h12-14,16H,2-11H2,1H3,(H,17,18). The second-order valence-corrected chi connectivity index (χ2v) is 6.16. The molecule has 2 fully saturated rings. The van der Waals surface area contributed by atoms with Crippen molar-refractivity contribution < 1.29 is 4.79 Å². The molecule has 2 aliphatic rings. The van der Waals surface area contributed by atoms with Gasteiger partial charge in [-0.15, -0.1) is 0 Å². The Balaban J connectivity index is 1.57. The lowest BCUT2D eigenvalue weighted by atomic mass is 9.98. The maximum Gasteiger partial charge on any atom is 0.220 e. The van der Waals surface area contributed by atoms with Crippen molar-refractivity contribution in [3.05, 3.63) is 0 Å². The number of carbonyl (C=O) groups excluding carboxylic acids is 1. The SMILES string of the molecule is CC1CCCC1CNC(=O)CCC1CCCCN1. The van der Waals surface area contributed by atoms with E-state index in [1.54, 1.807) is 0 Å². The van der Waals surface area contributed by atoms with Crippen LogP contribution in [-0.2, 0) is 4.79 Å². The number of piperidine rings is 1. The van der Waals surface area contributed by atoms with E-state index in [9.17, 15) is 4.79 Å². The summed E-state index contributed by atoms with van der Waals surface area (Å²) >= 11 is 0. The van der Waals surface area contributed by atoms with Gasteiger partial charge in [-0.2, -0.15) is 0 Å². The van der Waals surface area contributed by atoms with Gasteiger partial charge in [0, 0.05) is 19.0 Å². The molecule has 3 atom stereocenters. The van der Waals surface area contributed by atoms with Crippen molar-refractivity contribution in [1.82, 2.24) is 10.6 Å². The van der Waals surface area contributed by atoms with E-state index in [-0.39, 0.29) is 5.91 Å². The summed E-state index contributed by atoms with van der Waals surface area (Å²) in [4.78, 5) is 11.8. The van der Waals surface area contributed by atoms with Crippen LogP contribution in [0, 0.1) is 11.8 Å². The largest absolute Gasteiger partial charge is 0.356 e. The van der Waals surface area contributed by atoms with E-state index in [1.165, 1.54) is 38.5 Å². The summed E-state index contributed by atoms with van der Waals surface area (Å²) in [6.07, 6.45) is 9.53. The molecular formula is C15H28N2O. The maximum absolute atomic E-state index is 11.8. The molecule has 3 unspecified atom stereocenters. The Morgan fingerprint density at radius 2 is 2.11 bits per heavy atom. The van der Waals surface area contributed by atoms with Gasteiger partial charge in [-0.3, -0.25) is 4.79 Å². The van der Waals surface area contributed by atoms with Crippen LogP contribution in [0.15, 0.2) is 0 Å². The second kappa shape index (κ2) is 7.13. The second-order valence-electron chi connectivity index (χ2n) is 6.16. The summed E-state index contributed by atoms with van der Waals surface area (Å²) in [6.45, 7) is 4.35. The third-order valence-corrected chi connectivity index (χ3v) is 4.73. The summed E-state index contributed by atoms with van der Waals surface area (Å²) in [5.74, 6) is 1.77. The molecule has 3 nitrogen and oxygen atoms in total. The molecule has 2 N–H and O–H groups in total. The van der Waals surface area contributed by atoms with Gasteiger partial charge in [-0.05, 0) is 44.1 Å². The first-order chi connectivity index (χ1) is 8.75. The predicted octanol–water partition coefficient (Wildman–Crippen LogP) is 2.46. The van der Waals surface area contributed by atoms with Crippen molar-refractivity contribution in [2.45, 2.75) is 64.3 Å². The van der Waals surface area contributed by atoms with Crippen LogP contribution < -0.4 is 10.6 Å². The van der Waals surface area contributed by atoms with E-state index in [0.29, 0.717) is 12.5 Å². The molecule has 0 radical (unpaired) electrons. The Morgan fingerprint density at radius 1 is 1.22 bits per heavy atom. The van der Waals surface area contributed by atoms with Gasteiger partial charge in [-0.1, -0.05) is 26.2 Å². The van der Waals surface area contributed by atoms with Crippen LogP contribution in [0.25, 0.3) is 0 Å². The van der Waals surface area contributed by atoms with Crippen molar-refractivity contribution in [1.29, 1.82) is 0 Å². The molecule has 1 aliphatic heterocycles. The average Bonchev–Trinajstić information content (AvgIpc) is 2.81. The molecule has 0 aromatic carbocycles. The Labute approximate surface area is 111 Å². The molecule has 2 rings (SSSR count). The van der Waals surface area contributed by atoms with E-state index < -0.39 is 0 Å². The minimum Gasteiger partial charge on any atom is -0.356 e. The summed E-state index contributed by atoms with van der Waals surface area (Å²) in [6, 6.07) is 0.579. The monoisotopic (exact) mass is 252 g/mol. The zero-order valence-electron chi connectivity index (χ0n) is 11.7. The number of rotatable bonds is 5. The van der Waals surface area contributed by atoms with Crippen LogP contribution >= 0.6 is 0 Å². The zero-order valence-corrected chi connectivity index (χ0v) is 11.7. The lowest BCUT2D eigenvalue weighted by Crippen LogP contribution is -2.36. The molecule has 1 saturated carbocycles. The normalized spacial score (nSPS) is 32.4. The van der Waals surface area contributed by atoms with E-state index in [4.69, 9.17) is 0 Å². The van der Waals surface area contributed by atoms with Crippen LogP contribution in [0.2, 0.25) is 0 Å². The molecule has 1 saturated heterocycles. The van der Waals surface area contributed by atoms with Gasteiger partial charge >= 0.3 is 0 Å². The topological polar surface area (TPSA) is 41.1 Å². The fourth-order valence-electron chi connectivity index (χ4n) is 3.33. The highest BCUT2D eigenvalue weighted by Crippen LogP contribution is 2.30. The number of nitrogens with one attached hydrogen (secondary N) is 2. The Hall–Kier alpha value is -0.570. The molecule has 0 bridgehead atoms. The van der Waals surface area contributed by atoms with Gasteiger partial charge in [0.15, 0.2) is 0 Å². The molecule has 0 aromatic heterocycles. The molecule has 0 spiro atoms. The van der Waals surface area contributed by atoms with Gasteiger partial charge < -0.3 is 10.6 Å². The van der Waals surface area contributed by atoms with Crippen molar-refractivity contribution >= 4 is 5.91 Å². The molecule has 104 valence electrons. The number of carbonyl (C=O) groups is 1. The van der Waals surface area contributed by atoms with Crippen molar-refractivity contribution in [2.24, 2.45) is 11.8 Å². The minimum absolute atomic E-state index is 0.251. The van der Waals surface area contributed by atoms with Crippen LogP contribution in [0.1, 0.15) is 58.3 Å². The minimum atomic E-state index is 0.251. The van der Waals surface area contributed by atoms with Gasteiger partial charge in [0.2, 0.25) is 5.91 Å². The van der Waals surface area contributed by atoms with Gasteiger partial charge in [-0.25, -0.2) is 0 Å². The molecule has 1 amide bonds. The molecular weight excluding hydrogens is 224 g/mol. The Kier molecular flexibility index (Phi) is 5.48. The Bertz CT molecular complexity index is 261. The van der Waals surface area contributed by atoms with E-state index >= 15 is 0 Å². The van der Waals surface area contributed by atoms with Gasteiger partial charge in [0.25, 0.3) is 0 Å². The van der Waals surface area contributed by atoms with Crippen molar-refractivity contribution in [2.75, 3.05) is 13.1 Å². The van der Waals surface area contributed by atoms with Crippen molar-refractivity contribution in [3.63, 3.8) is 0 Å². The highest BCUT2D eigenvalue weighted by molar-refractivity contribution is 5.75. The molecule has 1 aliphatic carbocycles. The number of hydrogen-bond acceptors (Lipinski definition) is 2. The van der Waals surface area contributed by atoms with Crippen molar-refractivity contribution in [3.8, 4) is 0 Å². The summed E-state index contributed by atoms with van der Waals surface area (Å²) < 4.78 is 0. The van der Waals surface area contributed by atoms with Crippen LogP contribution in [0.4, 0.5) is 0 Å². The van der Waals surface area contributed by atoms with Crippen LogP contribution in [0.3, 0.4) is 0 Å². The third kappa shape index (κ3) is 4.27. The quantitative estimate of drug-likeness (QED) is 0.789. The Morgan fingerprint density at radius 3 is 2.78 bits per heavy atom. The zero-order chi connectivity index (χ0) is 12.8. The van der Waals surface area contributed by atoms with E-state index in [0.717, 1.165) is 31.3 Å². The van der Waals surface area contributed by atoms with Gasteiger partial charge in [0.05, 0.1) is 0 Å². The lowest BCUT2D eigenvalue weighted by molar-refractivity contribution is -0.121. The molecule has 18 heavy (non-hydrogen) atoms. The first kappa shape index (κ1) is 13.9. The summed E-state index contributed by atoms with van der Waals surface area (Å²) in [5, 5.41) is 6.63. The fraction of sp³-hybridized carbons (Fsp3) is 0.933. The summed E-state index contributed by atoms with van der Waals surface area (Å²) in [5.41, 5.74) is 0. The van der Waals surface area contributed by atoms with Gasteiger partial charge in [0.1, 0.15) is 0 Å². The molecule has 3 heteroatoms. The predicted molar refractivity (Wildman–Crippen MR) is 74.4 cm³/mol. The molecule has 1 heterocycles. The fourth-order valence-corrected chi connectivity index (χ4v) is 3.33. The average molecular weight is 252 g/mol. The number of hydrogen-bond donors (Lipinski definition) is 2. The highest BCUT2D eigenvalue weighted by atomic mass is 16.1. The summed E-state index contributed by atoms with van der Waals surface area (Å²) in [7, 11) is 0. The van der Waals surface area contributed by atoms with Crippen LogP contribution in [0.5, 0.6) is 0 Å². The molecule has 0 aromatic rings. The third-order valence-electron chi connectivity index (χ3n) is 4.73. The van der Waals surface area contributed by atoms with E-state index in [2.05, 4.69) is 17.6 Å². The smallest absolute Gasteiger partial charge is 0.220 e. The lowest BCUT2D eigenvalue weighted by Gasteiger charge is -2.23.